The van der Waals surface area contributed by atoms with E-state index in [1.807, 2.05) is 0 Å². The Morgan fingerprint density at radius 2 is 2.00 bits per heavy atom. The summed E-state index contributed by atoms with van der Waals surface area (Å²) in [6.07, 6.45) is 1.31. The van der Waals surface area contributed by atoms with Gasteiger partial charge in [0.1, 0.15) is 6.61 Å². The molecule has 33 heavy (non-hydrogen) atoms. The monoisotopic (exact) mass is 458 g/mol. The standard InChI is InChI=1S/C22H24F2N6O3/c1-22(2,32)13-29-11-14(9-26-29)19-17(20(23)24)10-25-21(28-19)27-15-3-5-16(6-4-15)30-7-8-33-12-18(30)31/h3-6,9-11,20,32H,7-8,12-13H2,1-2H3,(H,25,27,28). The van der Waals surface area contributed by atoms with Crippen LogP contribution in [-0.4, -0.2) is 56.1 Å². The molecule has 11 heteroatoms. The van der Waals surface area contributed by atoms with Crippen LogP contribution < -0.4 is 10.2 Å². The Morgan fingerprint density at radius 3 is 2.67 bits per heavy atom. The number of nitrogens with one attached hydrogen (secondary N) is 1. The Kier molecular flexibility index (Phi) is 6.34. The number of rotatable bonds is 7. The van der Waals surface area contributed by atoms with E-state index in [0.717, 1.165) is 11.9 Å². The molecule has 1 aliphatic heterocycles. The summed E-state index contributed by atoms with van der Waals surface area (Å²) in [4.78, 5) is 22.0. The molecule has 2 aromatic heterocycles. The molecule has 2 N–H and O–H groups in total. The number of ether oxygens (including phenoxy) is 1. The van der Waals surface area contributed by atoms with E-state index in [4.69, 9.17) is 4.74 Å². The Balaban J connectivity index is 1.56. The number of carbonyl (C=O) groups excluding carboxylic acids is 1. The highest BCUT2D eigenvalue weighted by Gasteiger charge is 2.22. The molecular weight excluding hydrogens is 434 g/mol. The first kappa shape index (κ1) is 22.7. The van der Waals surface area contributed by atoms with Crippen LogP contribution in [0.3, 0.4) is 0 Å². The first-order valence-corrected chi connectivity index (χ1v) is 10.3. The zero-order valence-electron chi connectivity index (χ0n) is 18.2. The number of morpholine rings is 1. The Hall–Kier alpha value is -3.44. The van der Waals surface area contributed by atoms with Crippen molar-refractivity contribution < 1.29 is 23.4 Å². The van der Waals surface area contributed by atoms with E-state index in [1.165, 1.54) is 10.9 Å². The molecule has 0 aliphatic carbocycles. The van der Waals surface area contributed by atoms with E-state index >= 15 is 0 Å². The van der Waals surface area contributed by atoms with E-state index < -0.39 is 12.0 Å². The summed E-state index contributed by atoms with van der Waals surface area (Å²) in [5, 5.41) is 17.1. The van der Waals surface area contributed by atoms with E-state index in [9.17, 15) is 18.7 Å². The fourth-order valence-corrected chi connectivity index (χ4v) is 3.46. The van der Waals surface area contributed by atoms with E-state index in [-0.39, 0.29) is 36.3 Å². The minimum Gasteiger partial charge on any atom is -0.389 e. The molecule has 0 unspecified atom stereocenters. The van der Waals surface area contributed by atoms with Gasteiger partial charge in [0, 0.05) is 35.9 Å². The number of benzene rings is 1. The minimum atomic E-state index is -2.77. The number of halogens is 2. The summed E-state index contributed by atoms with van der Waals surface area (Å²) >= 11 is 0. The van der Waals surface area contributed by atoms with Gasteiger partial charge in [-0.25, -0.2) is 18.7 Å². The Bertz CT molecular complexity index is 1130. The average Bonchev–Trinajstić information content (AvgIpc) is 3.21. The van der Waals surface area contributed by atoms with Gasteiger partial charge < -0.3 is 20.1 Å². The van der Waals surface area contributed by atoms with Gasteiger partial charge >= 0.3 is 0 Å². The molecule has 174 valence electrons. The number of alkyl halides is 2. The van der Waals surface area contributed by atoms with Crippen molar-refractivity contribution in [3.05, 3.63) is 48.4 Å². The quantitative estimate of drug-likeness (QED) is 0.560. The minimum absolute atomic E-state index is 0.0550. The van der Waals surface area contributed by atoms with Gasteiger partial charge in [-0.1, -0.05) is 0 Å². The molecule has 1 aliphatic rings. The first-order valence-electron chi connectivity index (χ1n) is 10.3. The van der Waals surface area contributed by atoms with Crippen molar-refractivity contribution in [2.45, 2.75) is 32.4 Å². The third-order valence-electron chi connectivity index (χ3n) is 4.93. The van der Waals surface area contributed by atoms with Crippen LogP contribution in [0.4, 0.5) is 26.1 Å². The normalized spacial score (nSPS) is 14.7. The number of carbonyl (C=O) groups is 1. The molecule has 0 spiro atoms. The van der Waals surface area contributed by atoms with Crippen LogP contribution in [0.2, 0.25) is 0 Å². The second-order valence-corrected chi connectivity index (χ2v) is 8.31. The smallest absolute Gasteiger partial charge is 0.267 e. The van der Waals surface area contributed by atoms with Crippen LogP contribution in [-0.2, 0) is 16.1 Å². The topological polar surface area (TPSA) is 105 Å². The molecule has 0 bridgehead atoms. The van der Waals surface area contributed by atoms with E-state index in [2.05, 4.69) is 20.4 Å². The summed E-state index contributed by atoms with van der Waals surface area (Å²) in [6.45, 7) is 4.47. The number of nitrogens with zero attached hydrogens (tertiary/aromatic N) is 5. The lowest BCUT2D eigenvalue weighted by Crippen LogP contribution is -2.41. The van der Waals surface area contributed by atoms with Gasteiger partial charge in [0.2, 0.25) is 5.95 Å². The second-order valence-electron chi connectivity index (χ2n) is 8.31. The van der Waals surface area contributed by atoms with Crippen molar-refractivity contribution in [1.29, 1.82) is 0 Å². The van der Waals surface area contributed by atoms with Crippen LogP contribution in [0.15, 0.2) is 42.9 Å². The number of anilines is 3. The fourth-order valence-electron chi connectivity index (χ4n) is 3.46. The van der Waals surface area contributed by atoms with Crippen LogP contribution in [0.1, 0.15) is 25.8 Å². The summed E-state index contributed by atoms with van der Waals surface area (Å²) in [5.74, 6) is 0.0301. The zero-order chi connectivity index (χ0) is 23.6. The number of hydrogen-bond donors (Lipinski definition) is 2. The highest BCUT2D eigenvalue weighted by atomic mass is 19.3. The number of aromatic nitrogens is 4. The van der Waals surface area contributed by atoms with Gasteiger partial charge in [-0.3, -0.25) is 9.48 Å². The van der Waals surface area contributed by atoms with Gasteiger partial charge in [-0.05, 0) is 38.1 Å². The van der Waals surface area contributed by atoms with Crippen molar-refractivity contribution in [2.24, 2.45) is 0 Å². The Labute approximate surface area is 189 Å². The van der Waals surface area contributed by atoms with Crippen molar-refractivity contribution in [2.75, 3.05) is 30.0 Å². The third-order valence-corrected chi connectivity index (χ3v) is 4.93. The highest BCUT2D eigenvalue weighted by Crippen LogP contribution is 2.30. The van der Waals surface area contributed by atoms with Crippen LogP contribution in [0, 0.1) is 0 Å². The SMILES string of the molecule is CC(C)(O)Cn1cc(-c2nc(Nc3ccc(N4CCOCC4=O)cc3)ncc2C(F)F)cn1. The number of hydrogen-bond acceptors (Lipinski definition) is 7. The molecule has 3 heterocycles. The van der Waals surface area contributed by atoms with Crippen molar-refractivity contribution in [3.8, 4) is 11.3 Å². The third kappa shape index (κ3) is 5.49. The van der Waals surface area contributed by atoms with E-state index in [1.54, 1.807) is 49.2 Å². The Morgan fingerprint density at radius 1 is 1.24 bits per heavy atom. The van der Waals surface area contributed by atoms with Crippen LogP contribution >= 0.6 is 0 Å². The van der Waals surface area contributed by atoms with E-state index in [0.29, 0.717) is 24.4 Å². The predicted molar refractivity (Wildman–Crippen MR) is 117 cm³/mol. The maximum atomic E-state index is 13.6. The lowest BCUT2D eigenvalue weighted by molar-refractivity contribution is -0.125. The second kappa shape index (κ2) is 9.20. The summed E-state index contributed by atoms with van der Waals surface area (Å²) in [7, 11) is 0. The maximum Gasteiger partial charge on any atom is 0.267 e. The molecular formula is C22H24F2N6O3. The van der Waals surface area contributed by atoms with Gasteiger partial charge in [0.25, 0.3) is 12.3 Å². The molecule has 0 atom stereocenters. The molecule has 4 rings (SSSR count). The molecule has 1 fully saturated rings. The fraction of sp³-hybridized carbons (Fsp3) is 0.364. The van der Waals surface area contributed by atoms with Gasteiger partial charge in [0.05, 0.1) is 36.2 Å². The molecule has 1 amide bonds. The average molecular weight is 458 g/mol. The molecule has 0 saturated carbocycles. The highest BCUT2D eigenvalue weighted by molar-refractivity contribution is 5.95. The predicted octanol–water partition coefficient (Wildman–Crippen LogP) is 3.16. The maximum absolute atomic E-state index is 13.6. The lowest BCUT2D eigenvalue weighted by Gasteiger charge is -2.26. The van der Waals surface area contributed by atoms with Gasteiger partial charge in [-0.2, -0.15) is 5.10 Å². The molecule has 3 aromatic rings. The number of aliphatic hydroxyl groups is 1. The summed E-state index contributed by atoms with van der Waals surface area (Å²) < 4.78 is 33.8. The van der Waals surface area contributed by atoms with Gasteiger partial charge in [-0.15, -0.1) is 0 Å². The van der Waals surface area contributed by atoms with Crippen molar-refractivity contribution >= 4 is 23.2 Å². The molecule has 1 saturated heterocycles. The van der Waals surface area contributed by atoms with Crippen LogP contribution in [0.25, 0.3) is 11.3 Å². The van der Waals surface area contributed by atoms with Crippen molar-refractivity contribution in [3.63, 3.8) is 0 Å². The summed E-state index contributed by atoms with van der Waals surface area (Å²) in [5.41, 5.74) is 0.493. The van der Waals surface area contributed by atoms with Gasteiger partial charge in [0.15, 0.2) is 0 Å². The summed E-state index contributed by atoms with van der Waals surface area (Å²) in [6, 6.07) is 7.06. The zero-order valence-corrected chi connectivity index (χ0v) is 18.2. The molecule has 0 radical (unpaired) electrons. The number of amides is 1. The van der Waals surface area contributed by atoms with Crippen LogP contribution in [0.5, 0.6) is 0 Å². The first-order chi connectivity index (χ1) is 15.7. The molecule has 1 aromatic carbocycles. The largest absolute Gasteiger partial charge is 0.389 e. The lowest BCUT2D eigenvalue weighted by atomic mass is 10.1. The van der Waals surface area contributed by atoms with Crippen molar-refractivity contribution in [1.82, 2.24) is 19.7 Å². The molecule has 9 nitrogen and oxygen atoms in total.